The van der Waals surface area contributed by atoms with Gasteiger partial charge in [0.15, 0.2) is 0 Å². The van der Waals surface area contributed by atoms with Crippen LogP contribution in [0, 0.1) is 11.8 Å². The number of primary amides is 1. The molecule has 0 heterocycles. The van der Waals surface area contributed by atoms with Crippen LogP contribution >= 0.6 is 0 Å². The number of nitrogens with two attached hydrogens (primary N) is 1. The maximum absolute atomic E-state index is 13.6. The number of rotatable bonds is 21. The summed E-state index contributed by atoms with van der Waals surface area (Å²) in [7, 11) is 0. The molecule has 0 unspecified atom stereocenters. The third-order valence-corrected chi connectivity index (χ3v) is 8.43. The lowest BCUT2D eigenvalue weighted by molar-refractivity contribution is -0.141. The van der Waals surface area contributed by atoms with Crippen molar-refractivity contribution in [3.63, 3.8) is 0 Å². The van der Waals surface area contributed by atoms with Gasteiger partial charge in [-0.2, -0.15) is 0 Å². The first-order valence-electron chi connectivity index (χ1n) is 18.2. The fourth-order valence-electron chi connectivity index (χ4n) is 5.22. The number of carbonyl (C=O) groups excluding carboxylic acids is 8. The first kappa shape index (κ1) is 46.6. The molecular weight excluding hydrogens is 740 g/mol. The molecule has 2 rings (SSSR count). The molecule has 0 saturated carbocycles. The van der Waals surface area contributed by atoms with E-state index in [1.165, 1.54) is 13.8 Å². The summed E-state index contributed by atoms with van der Waals surface area (Å²) in [5.74, 6) is -8.17. The highest BCUT2D eigenvalue weighted by Gasteiger charge is 2.33. The van der Waals surface area contributed by atoms with E-state index in [1.807, 2.05) is 0 Å². The fraction of sp³-hybridized carbons (Fsp3) is 0.410. The number of carbonyl (C=O) groups is 9. The molecule has 18 nitrogen and oxygen atoms in total. The molecule has 10 N–H and O–H groups in total. The van der Waals surface area contributed by atoms with Gasteiger partial charge in [-0.3, -0.25) is 38.4 Å². The Morgan fingerprint density at radius 3 is 1.58 bits per heavy atom. The second kappa shape index (κ2) is 22.7. The smallest absolute Gasteiger partial charge is 0.326 e. The molecule has 0 aliphatic heterocycles. The van der Waals surface area contributed by atoms with E-state index in [0.717, 1.165) is 12.2 Å². The van der Waals surface area contributed by atoms with Crippen LogP contribution in [0.3, 0.4) is 0 Å². The van der Waals surface area contributed by atoms with Crippen molar-refractivity contribution in [3.8, 4) is 0 Å². The number of hydrogen-bond acceptors (Lipinski definition) is 9. The highest BCUT2D eigenvalue weighted by Crippen LogP contribution is 2.15. The summed E-state index contributed by atoms with van der Waals surface area (Å²) in [6.45, 7) is 8.87. The average Bonchev–Trinajstić information content (AvgIpc) is 3.15. The Morgan fingerprint density at radius 1 is 0.596 bits per heavy atom. The molecule has 0 aliphatic rings. The van der Waals surface area contributed by atoms with Gasteiger partial charge in [-0.1, -0.05) is 88.4 Å². The van der Waals surface area contributed by atoms with Crippen LogP contribution in [0.4, 0.5) is 0 Å². The molecule has 6 atom stereocenters. The number of carboxylic acids is 1. The van der Waals surface area contributed by atoms with E-state index in [9.17, 15) is 48.3 Å². The Bertz CT molecular complexity index is 1790. The first-order chi connectivity index (χ1) is 26.8. The maximum Gasteiger partial charge on any atom is 0.326 e. The van der Waals surface area contributed by atoms with E-state index in [2.05, 4.69) is 37.2 Å². The van der Waals surface area contributed by atoms with Crippen molar-refractivity contribution in [2.75, 3.05) is 6.54 Å². The lowest BCUT2D eigenvalue weighted by Gasteiger charge is -2.28. The molecule has 18 heteroatoms. The van der Waals surface area contributed by atoms with Crippen molar-refractivity contribution >= 4 is 53.2 Å². The summed E-state index contributed by atoms with van der Waals surface area (Å²) in [6.07, 6.45) is 1.66. The predicted octanol–water partition coefficient (Wildman–Crippen LogP) is -0.895. The van der Waals surface area contributed by atoms with Gasteiger partial charge in [0.25, 0.3) is 0 Å². The van der Waals surface area contributed by atoms with Crippen LogP contribution in [0.1, 0.15) is 58.7 Å². The third kappa shape index (κ3) is 16.0. The van der Waals surface area contributed by atoms with E-state index >= 15 is 0 Å². The second-order valence-electron chi connectivity index (χ2n) is 13.9. The van der Waals surface area contributed by atoms with Crippen LogP contribution in [0.25, 0.3) is 0 Å². The number of hydrogen-bond donors (Lipinski definition) is 9. The molecule has 8 amide bonds. The van der Waals surface area contributed by atoms with Gasteiger partial charge in [-0.25, -0.2) is 4.79 Å². The molecule has 57 heavy (non-hydrogen) atoms. The Kier molecular flexibility index (Phi) is 18.5. The van der Waals surface area contributed by atoms with Crippen LogP contribution in [0.2, 0.25) is 0 Å². The van der Waals surface area contributed by atoms with Gasteiger partial charge in [-0.15, -0.1) is 0 Å². The lowest BCUT2D eigenvalue weighted by Crippen LogP contribution is -2.57. The molecule has 2 aromatic carbocycles. The normalized spacial score (nSPS) is 14.2. The average molecular weight is 793 g/mol. The van der Waals surface area contributed by atoms with Crippen LogP contribution in [-0.4, -0.2) is 95.1 Å². The zero-order valence-corrected chi connectivity index (χ0v) is 32.7. The number of carboxylic acid groups (broad SMARTS) is 1. The zero-order valence-electron chi connectivity index (χ0n) is 32.7. The van der Waals surface area contributed by atoms with Gasteiger partial charge in [0.05, 0.1) is 6.54 Å². The summed E-state index contributed by atoms with van der Waals surface area (Å²) < 4.78 is 0. The first-order valence-corrected chi connectivity index (χ1v) is 18.2. The van der Waals surface area contributed by atoms with E-state index in [0.29, 0.717) is 11.1 Å². The van der Waals surface area contributed by atoms with Gasteiger partial charge < -0.3 is 48.1 Å². The second-order valence-corrected chi connectivity index (χ2v) is 13.9. The molecule has 0 aromatic heterocycles. The topological polar surface area (TPSA) is 284 Å². The standard InChI is InChI=1S/C39H52N8O10/c1-21(2)31(34(40)51)45-37(54)32(22(3)4)46-38(55)33(26-15-11-8-12-16-26)47-36(53)24(6)43-29(49)18-17-28(48)42-23(5)35(52)41-20-30(50)44-27(39(56)57)19-25-13-9-7-10-14-25/h7-18,21-24,27,31-33H,19-20H2,1-6H3,(H2,40,51)(H,41,52)(H,42,48)(H,43,49)(H,44,50)(H,45,54)(H,46,55)(H,47,53)(H,56,57)/b18-17+/t23-,24-,27-,31-,32-,33-/m0/s1. The van der Waals surface area contributed by atoms with Gasteiger partial charge >= 0.3 is 5.97 Å². The van der Waals surface area contributed by atoms with Gasteiger partial charge in [0.1, 0.15) is 36.3 Å². The summed E-state index contributed by atoms with van der Waals surface area (Å²) in [5.41, 5.74) is 6.49. The van der Waals surface area contributed by atoms with Crippen LogP contribution in [0.5, 0.6) is 0 Å². The minimum atomic E-state index is -1.31. The molecule has 0 radical (unpaired) electrons. The maximum atomic E-state index is 13.6. The summed E-state index contributed by atoms with van der Waals surface area (Å²) >= 11 is 0. The quantitative estimate of drug-likeness (QED) is 0.0703. The highest BCUT2D eigenvalue weighted by atomic mass is 16.4. The lowest BCUT2D eigenvalue weighted by atomic mass is 9.98. The fourth-order valence-corrected chi connectivity index (χ4v) is 5.22. The monoisotopic (exact) mass is 792 g/mol. The molecule has 0 aliphatic carbocycles. The van der Waals surface area contributed by atoms with Crippen LogP contribution in [0.15, 0.2) is 72.8 Å². The summed E-state index contributed by atoms with van der Waals surface area (Å²) in [4.78, 5) is 113. The molecule has 0 fully saturated rings. The van der Waals surface area contributed by atoms with E-state index < -0.39 is 102 Å². The number of aliphatic carboxylic acids is 1. The SMILES string of the molecule is CC(C)[C@H](NC(=O)[C@@H](NC(=O)[C@@H](NC(=O)[C@H](C)NC(=O)/C=C/C(=O)N[C@@H](C)C(=O)NCC(=O)N[C@@H](Cc1ccccc1)C(=O)O)c1ccccc1)C(C)C)C(N)=O. The van der Waals surface area contributed by atoms with Crippen molar-refractivity contribution in [3.05, 3.63) is 83.9 Å². The van der Waals surface area contributed by atoms with Crippen LogP contribution in [-0.2, 0) is 49.6 Å². The minimum absolute atomic E-state index is 0.0258. The van der Waals surface area contributed by atoms with Gasteiger partial charge in [0, 0.05) is 18.6 Å². The number of benzene rings is 2. The number of nitrogens with one attached hydrogen (secondary N) is 7. The Labute approximate surface area is 330 Å². The third-order valence-electron chi connectivity index (χ3n) is 8.43. The van der Waals surface area contributed by atoms with Crippen molar-refractivity contribution in [2.24, 2.45) is 17.6 Å². The molecular formula is C39H52N8O10. The summed E-state index contributed by atoms with van der Waals surface area (Å²) in [5, 5.41) is 26.6. The van der Waals surface area contributed by atoms with Crippen molar-refractivity contribution in [2.45, 2.75) is 84.2 Å². The summed E-state index contributed by atoms with van der Waals surface area (Å²) in [6, 6.07) is 9.78. The van der Waals surface area contributed by atoms with E-state index in [4.69, 9.17) is 5.73 Å². The molecule has 0 bridgehead atoms. The van der Waals surface area contributed by atoms with Gasteiger partial charge in [0.2, 0.25) is 47.3 Å². The zero-order chi connectivity index (χ0) is 42.8. The Hall–Kier alpha value is -6.59. The molecule has 2 aromatic rings. The highest BCUT2D eigenvalue weighted by molar-refractivity contribution is 6.01. The molecule has 308 valence electrons. The predicted molar refractivity (Wildman–Crippen MR) is 207 cm³/mol. The van der Waals surface area contributed by atoms with Crippen LogP contribution < -0.4 is 43.0 Å². The Balaban J connectivity index is 1.96. The molecule has 0 saturated heterocycles. The largest absolute Gasteiger partial charge is 0.480 e. The van der Waals surface area contributed by atoms with Crippen molar-refractivity contribution in [1.82, 2.24) is 37.2 Å². The Morgan fingerprint density at radius 2 is 1.09 bits per heavy atom. The van der Waals surface area contributed by atoms with Crippen molar-refractivity contribution in [1.29, 1.82) is 0 Å². The van der Waals surface area contributed by atoms with Crippen molar-refractivity contribution < 1.29 is 48.3 Å². The number of amides is 8. The van der Waals surface area contributed by atoms with E-state index in [1.54, 1.807) is 88.4 Å². The molecule has 0 spiro atoms. The minimum Gasteiger partial charge on any atom is -0.480 e. The van der Waals surface area contributed by atoms with Gasteiger partial charge in [-0.05, 0) is 36.8 Å². The van der Waals surface area contributed by atoms with E-state index in [-0.39, 0.29) is 12.3 Å².